The Labute approximate surface area is 103 Å². The van der Waals surface area contributed by atoms with Gasteiger partial charge < -0.3 is 15.2 Å². The quantitative estimate of drug-likeness (QED) is 0.874. The molecule has 1 aliphatic carbocycles. The molecule has 0 saturated heterocycles. The van der Waals surface area contributed by atoms with E-state index in [0.29, 0.717) is 12.8 Å². The molecule has 2 N–H and O–H groups in total. The number of rotatable bonds is 3. The van der Waals surface area contributed by atoms with Crippen LogP contribution in [0.3, 0.4) is 0 Å². The topological polar surface area (TPSA) is 58.6 Å². The Kier molecular flexibility index (Phi) is 3.36. The summed E-state index contributed by atoms with van der Waals surface area (Å²) in [4.78, 5) is 10.3. The second-order valence-corrected chi connectivity index (χ2v) is 4.37. The van der Waals surface area contributed by atoms with Gasteiger partial charge in [0.05, 0.1) is 0 Å². The van der Waals surface area contributed by atoms with Gasteiger partial charge >= 0.3 is 6.09 Å². The van der Waals surface area contributed by atoms with E-state index in [0.717, 1.165) is 12.1 Å². The predicted octanol–water partition coefficient (Wildman–Crippen LogP) is 2.45. The van der Waals surface area contributed by atoms with Crippen molar-refractivity contribution >= 4 is 6.09 Å². The van der Waals surface area contributed by atoms with E-state index in [1.54, 1.807) is 0 Å². The van der Waals surface area contributed by atoms with Crippen LogP contribution in [0.1, 0.15) is 18.4 Å². The summed E-state index contributed by atoms with van der Waals surface area (Å²) >= 11 is 0. The van der Waals surface area contributed by atoms with Gasteiger partial charge in [-0.25, -0.2) is 13.6 Å². The smallest absolute Gasteiger partial charge is 0.404 e. The van der Waals surface area contributed by atoms with E-state index in [-0.39, 0.29) is 23.5 Å². The SMILES string of the molecule is Cc1c(F)cc(O[C@H]2C[C@H](NC(=O)O)C2)cc1F. The molecule has 0 aliphatic heterocycles. The molecule has 0 atom stereocenters. The van der Waals surface area contributed by atoms with Gasteiger partial charge in [-0.2, -0.15) is 0 Å². The Balaban J connectivity index is 1.91. The van der Waals surface area contributed by atoms with Crippen molar-refractivity contribution in [2.75, 3.05) is 0 Å². The molecule has 1 saturated carbocycles. The summed E-state index contributed by atoms with van der Waals surface area (Å²) in [6.07, 6.45) is -0.276. The zero-order chi connectivity index (χ0) is 13.3. The minimum absolute atomic E-state index is 0.0404. The number of carboxylic acid groups (broad SMARTS) is 1. The Morgan fingerprint density at radius 3 is 2.44 bits per heavy atom. The molecule has 2 rings (SSSR count). The fourth-order valence-corrected chi connectivity index (χ4v) is 1.84. The molecule has 0 radical (unpaired) electrons. The third-order valence-corrected chi connectivity index (χ3v) is 2.98. The van der Waals surface area contributed by atoms with Crippen LogP contribution >= 0.6 is 0 Å². The zero-order valence-electron chi connectivity index (χ0n) is 9.74. The number of halogens is 2. The highest BCUT2D eigenvalue weighted by atomic mass is 19.1. The molecule has 1 amide bonds. The van der Waals surface area contributed by atoms with Gasteiger partial charge in [0, 0.05) is 36.6 Å². The van der Waals surface area contributed by atoms with Crippen molar-refractivity contribution in [2.24, 2.45) is 0 Å². The molecular formula is C12H13F2NO3. The van der Waals surface area contributed by atoms with Gasteiger partial charge in [-0.1, -0.05) is 0 Å². The molecule has 98 valence electrons. The second-order valence-electron chi connectivity index (χ2n) is 4.37. The van der Waals surface area contributed by atoms with E-state index >= 15 is 0 Å². The Morgan fingerprint density at radius 1 is 1.39 bits per heavy atom. The first-order valence-corrected chi connectivity index (χ1v) is 5.57. The van der Waals surface area contributed by atoms with Gasteiger partial charge in [0.25, 0.3) is 0 Å². The van der Waals surface area contributed by atoms with Crippen molar-refractivity contribution in [2.45, 2.75) is 31.9 Å². The molecule has 1 aliphatic rings. The van der Waals surface area contributed by atoms with Crippen molar-refractivity contribution in [3.63, 3.8) is 0 Å². The maximum absolute atomic E-state index is 13.3. The number of ether oxygens (including phenoxy) is 1. The molecule has 0 bridgehead atoms. The van der Waals surface area contributed by atoms with Crippen molar-refractivity contribution in [3.8, 4) is 5.75 Å². The molecular weight excluding hydrogens is 244 g/mol. The number of benzene rings is 1. The fourth-order valence-electron chi connectivity index (χ4n) is 1.84. The number of amides is 1. The predicted molar refractivity (Wildman–Crippen MR) is 59.7 cm³/mol. The molecule has 1 aromatic carbocycles. The van der Waals surface area contributed by atoms with Crippen LogP contribution in [-0.4, -0.2) is 23.3 Å². The maximum Gasteiger partial charge on any atom is 0.404 e. The van der Waals surface area contributed by atoms with Crippen molar-refractivity contribution in [3.05, 3.63) is 29.3 Å². The lowest BCUT2D eigenvalue weighted by molar-refractivity contribution is 0.0828. The molecule has 18 heavy (non-hydrogen) atoms. The van der Waals surface area contributed by atoms with E-state index < -0.39 is 17.7 Å². The van der Waals surface area contributed by atoms with Crippen LogP contribution in [-0.2, 0) is 0 Å². The average molecular weight is 257 g/mol. The molecule has 1 aromatic rings. The highest BCUT2D eigenvalue weighted by molar-refractivity contribution is 5.65. The molecule has 1 fully saturated rings. The first-order chi connectivity index (χ1) is 8.45. The minimum atomic E-state index is -1.08. The average Bonchev–Trinajstić information content (AvgIpc) is 2.22. The summed E-state index contributed by atoms with van der Waals surface area (Å²) < 4.78 is 31.9. The van der Waals surface area contributed by atoms with E-state index in [1.165, 1.54) is 6.92 Å². The van der Waals surface area contributed by atoms with Gasteiger partial charge in [0.1, 0.15) is 23.5 Å². The van der Waals surface area contributed by atoms with Crippen LogP contribution in [0.25, 0.3) is 0 Å². The lowest BCUT2D eigenvalue weighted by Crippen LogP contribution is -2.48. The van der Waals surface area contributed by atoms with Crippen molar-refractivity contribution in [1.82, 2.24) is 5.32 Å². The molecule has 6 heteroatoms. The Morgan fingerprint density at radius 2 is 1.94 bits per heavy atom. The number of hydrogen-bond donors (Lipinski definition) is 2. The fraction of sp³-hybridized carbons (Fsp3) is 0.417. The first-order valence-electron chi connectivity index (χ1n) is 5.57. The first kappa shape index (κ1) is 12.6. The normalized spacial score (nSPS) is 22.2. The van der Waals surface area contributed by atoms with E-state index in [2.05, 4.69) is 5.32 Å². The molecule has 0 heterocycles. The number of hydrogen-bond acceptors (Lipinski definition) is 2. The van der Waals surface area contributed by atoms with Gasteiger partial charge in [-0.15, -0.1) is 0 Å². The lowest BCUT2D eigenvalue weighted by atomic mass is 9.89. The summed E-state index contributed by atoms with van der Waals surface area (Å²) in [5.41, 5.74) is -0.0404. The largest absolute Gasteiger partial charge is 0.490 e. The van der Waals surface area contributed by atoms with Gasteiger partial charge in [0.15, 0.2) is 0 Å². The third-order valence-electron chi connectivity index (χ3n) is 2.98. The number of nitrogens with one attached hydrogen (secondary N) is 1. The van der Waals surface area contributed by atoms with E-state index in [1.807, 2.05) is 0 Å². The van der Waals surface area contributed by atoms with Crippen LogP contribution in [0, 0.1) is 18.6 Å². The highest BCUT2D eigenvalue weighted by Crippen LogP contribution is 2.28. The number of carbonyl (C=O) groups is 1. The highest BCUT2D eigenvalue weighted by Gasteiger charge is 2.32. The van der Waals surface area contributed by atoms with Gasteiger partial charge in [-0.05, 0) is 6.92 Å². The summed E-state index contributed by atoms with van der Waals surface area (Å²) in [5.74, 6) is -1.16. The van der Waals surface area contributed by atoms with E-state index in [4.69, 9.17) is 9.84 Å². The molecule has 0 aromatic heterocycles. The van der Waals surface area contributed by atoms with Crippen molar-refractivity contribution in [1.29, 1.82) is 0 Å². The molecule has 0 unspecified atom stereocenters. The van der Waals surface area contributed by atoms with Crippen LogP contribution in [0.4, 0.5) is 13.6 Å². The van der Waals surface area contributed by atoms with Crippen LogP contribution < -0.4 is 10.1 Å². The minimum Gasteiger partial charge on any atom is -0.490 e. The summed E-state index contributed by atoms with van der Waals surface area (Å²) in [6.45, 7) is 1.35. The van der Waals surface area contributed by atoms with Gasteiger partial charge in [0.2, 0.25) is 0 Å². The maximum atomic E-state index is 13.3. The Bertz CT molecular complexity index is 449. The third kappa shape index (κ3) is 2.69. The van der Waals surface area contributed by atoms with Crippen LogP contribution in [0.15, 0.2) is 12.1 Å². The van der Waals surface area contributed by atoms with Crippen LogP contribution in [0.2, 0.25) is 0 Å². The Hall–Kier alpha value is -1.85. The van der Waals surface area contributed by atoms with Crippen LogP contribution in [0.5, 0.6) is 5.75 Å². The summed E-state index contributed by atoms with van der Waals surface area (Å²) in [7, 11) is 0. The van der Waals surface area contributed by atoms with Gasteiger partial charge in [-0.3, -0.25) is 0 Å². The summed E-state index contributed by atoms with van der Waals surface area (Å²) in [6, 6.07) is 2.12. The van der Waals surface area contributed by atoms with E-state index in [9.17, 15) is 13.6 Å². The lowest BCUT2D eigenvalue weighted by Gasteiger charge is -2.35. The zero-order valence-corrected chi connectivity index (χ0v) is 9.74. The summed E-state index contributed by atoms with van der Waals surface area (Å²) in [5, 5.41) is 10.8. The monoisotopic (exact) mass is 257 g/mol. The molecule has 0 spiro atoms. The standard InChI is InChI=1S/C12H13F2NO3/c1-6-10(13)4-9(5-11(6)14)18-8-2-7(3-8)15-12(16)17/h4-5,7-8,15H,2-3H2,1H3,(H,16,17)/t7-,8-. The second kappa shape index (κ2) is 4.80. The van der Waals surface area contributed by atoms with Crippen molar-refractivity contribution < 1.29 is 23.4 Å². The molecule has 4 nitrogen and oxygen atoms in total.